The van der Waals surface area contributed by atoms with E-state index in [1.165, 1.54) is 24.5 Å². The van der Waals surface area contributed by atoms with Crippen LogP contribution in [-0.2, 0) is 11.0 Å². The molecule has 3 aromatic rings. The Bertz CT molecular complexity index is 1190. The van der Waals surface area contributed by atoms with Crippen molar-refractivity contribution in [3.63, 3.8) is 0 Å². The van der Waals surface area contributed by atoms with Gasteiger partial charge in [0.05, 0.1) is 16.6 Å². The van der Waals surface area contributed by atoms with Gasteiger partial charge in [0.1, 0.15) is 17.5 Å². The fourth-order valence-electron chi connectivity index (χ4n) is 3.43. The molecule has 1 unspecified atom stereocenters. The molecule has 0 aliphatic carbocycles. The third-order valence-corrected chi connectivity index (χ3v) is 5.69. The lowest BCUT2D eigenvalue weighted by Crippen LogP contribution is -2.61. The van der Waals surface area contributed by atoms with Gasteiger partial charge in [-0.3, -0.25) is 9.78 Å². The van der Waals surface area contributed by atoms with Gasteiger partial charge in [-0.15, -0.1) is 10.2 Å². The number of carbonyl (C=O) groups excluding carboxylic acids is 1. The number of anilines is 1. The normalized spacial score (nSPS) is 15.1. The van der Waals surface area contributed by atoms with Crippen molar-refractivity contribution >= 4 is 23.5 Å². The van der Waals surface area contributed by atoms with E-state index in [1.54, 1.807) is 17.9 Å². The van der Waals surface area contributed by atoms with Gasteiger partial charge in [0.2, 0.25) is 11.9 Å². The molecule has 34 heavy (non-hydrogen) atoms. The standard InChI is InChI=1S/C22H20ClF3N6O2/c1-2-17(33)20(34)28-14-10-32(11-14)21-29-19(15-7-8-27-9-16(15)23)18(30-31-21)12-3-5-13(6-4-12)22(24,25)26/h3-9,14,17,33H,2,10-11H2,1H3,(H,28,34). The number of rotatable bonds is 6. The molecule has 1 aliphatic heterocycles. The quantitative estimate of drug-likeness (QED) is 0.544. The second-order valence-electron chi connectivity index (χ2n) is 7.77. The summed E-state index contributed by atoms with van der Waals surface area (Å²) in [5, 5.41) is 21.1. The highest BCUT2D eigenvalue weighted by atomic mass is 35.5. The number of aromatic nitrogens is 4. The zero-order chi connectivity index (χ0) is 24.5. The highest BCUT2D eigenvalue weighted by Gasteiger charge is 2.33. The highest BCUT2D eigenvalue weighted by molar-refractivity contribution is 6.33. The van der Waals surface area contributed by atoms with Crippen molar-refractivity contribution in [1.82, 2.24) is 25.5 Å². The number of alkyl halides is 3. The van der Waals surface area contributed by atoms with Crippen LogP contribution in [0.5, 0.6) is 0 Å². The fraction of sp³-hybridized carbons (Fsp3) is 0.318. The van der Waals surface area contributed by atoms with Crippen LogP contribution in [0.3, 0.4) is 0 Å². The Kier molecular flexibility index (Phi) is 6.67. The van der Waals surface area contributed by atoms with E-state index in [0.717, 1.165) is 12.1 Å². The first-order valence-corrected chi connectivity index (χ1v) is 10.8. The zero-order valence-electron chi connectivity index (χ0n) is 17.9. The van der Waals surface area contributed by atoms with Gasteiger partial charge in [0, 0.05) is 36.6 Å². The third-order valence-electron chi connectivity index (χ3n) is 5.39. The Morgan fingerprint density at radius 2 is 1.91 bits per heavy atom. The van der Waals surface area contributed by atoms with Crippen LogP contribution >= 0.6 is 11.6 Å². The van der Waals surface area contributed by atoms with Gasteiger partial charge in [-0.2, -0.15) is 13.2 Å². The summed E-state index contributed by atoms with van der Waals surface area (Å²) in [6.45, 7) is 2.53. The molecule has 0 spiro atoms. The minimum Gasteiger partial charge on any atom is -0.383 e. The minimum absolute atomic E-state index is 0.181. The third kappa shape index (κ3) is 4.95. The molecule has 1 aliphatic rings. The fourth-order valence-corrected chi connectivity index (χ4v) is 3.64. The number of hydrogen-bond donors (Lipinski definition) is 2. The molecular weight excluding hydrogens is 473 g/mol. The first kappa shape index (κ1) is 23.8. The summed E-state index contributed by atoms with van der Waals surface area (Å²) in [6.07, 6.45) is -2.25. The van der Waals surface area contributed by atoms with Crippen LogP contribution in [-0.4, -0.2) is 56.4 Å². The lowest BCUT2D eigenvalue weighted by atomic mass is 10.0. The molecule has 1 aromatic carbocycles. The predicted molar refractivity (Wildman–Crippen MR) is 119 cm³/mol. The molecular formula is C22H20ClF3N6O2. The molecule has 178 valence electrons. The average Bonchev–Trinajstić information content (AvgIpc) is 2.80. The van der Waals surface area contributed by atoms with Gasteiger partial charge in [0.25, 0.3) is 0 Å². The Morgan fingerprint density at radius 1 is 1.21 bits per heavy atom. The summed E-state index contributed by atoms with van der Waals surface area (Å²) in [4.78, 5) is 22.2. The van der Waals surface area contributed by atoms with Crippen LogP contribution in [0.15, 0.2) is 42.7 Å². The summed E-state index contributed by atoms with van der Waals surface area (Å²) in [5.74, 6) is -0.159. The highest BCUT2D eigenvalue weighted by Crippen LogP contribution is 2.36. The summed E-state index contributed by atoms with van der Waals surface area (Å²) in [5.41, 5.74) is 0.719. The summed E-state index contributed by atoms with van der Waals surface area (Å²) in [6, 6.07) is 6.00. The number of hydrogen-bond acceptors (Lipinski definition) is 7. The van der Waals surface area contributed by atoms with Crippen LogP contribution in [0.4, 0.5) is 19.1 Å². The van der Waals surface area contributed by atoms with Crippen LogP contribution in [0.25, 0.3) is 22.5 Å². The maximum absolute atomic E-state index is 13.0. The van der Waals surface area contributed by atoms with E-state index in [0.29, 0.717) is 41.4 Å². The van der Waals surface area contributed by atoms with E-state index < -0.39 is 23.8 Å². The molecule has 0 saturated carbocycles. The van der Waals surface area contributed by atoms with Crippen molar-refractivity contribution in [2.45, 2.75) is 31.7 Å². The van der Waals surface area contributed by atoms with Crippen LogP contribution in [0.2, 0.25) is 5.02 Å². The number of amides is 1. The predicted octanol–water partition coefficient (Wildman–Crippen LogP) is 3.35. The maximum Gasteiger partial charge on any atom is 0.416 e. The van der Waals surface area contributed by atoms with E-state index in [-0.39, 0.29) is 17.7 Å². The van der Waals surface area contributed by atoms with Crippen LogP contribution in [0, 0.1) is 0 Å². The molecule has 2 aromatic heterocycles. The number of aliphatic hydroxyl groups excluding tert-OH is 1. The van der Waals surface area contributed by atoms with Crippen molar-refractivity contribution in [2.24, 2.45) is 0 Å². The van der Waals surface area contributed by atoms with Crippen molar-refractivity contribution < 1.29 is 23.1 Å². The van der Waals surface area contributed by atoms with Crippen molar-refractivity contribution in [3.8, 4) is 22.5 Å². The molecule has 8 nitrogen and oxygen atoms in total. The number of pyridine rings is 1. The average molecular weight is 493 g/mol. The van der Waals surface area contributed by atoms with Gasteiger partial charge in [-0.25, -0.2) is 4.98 Å². The topological polar surface area (TPSA) is 104 Å². The number of halogens is 4. The largest absolute Gasteiger partial charge is 0.416 e. The smallest absolute Gasteiger partial charge is 0.383 e. The second kappa shape index (κ2) is 9.51. The van der Waals surface area contributed by atoms with Gasteiger partial charge in [-0.1, -0.05) is 30.7 Å². The summed E-state index contributed by atoms with van der Waals surface area (Å²) < 4.78 is 38.9. The number of nitrogens with zero attached hydrogens (tertiary/aromatic N) is 5. The molecule has 3 heterocycles. The number of benzene rings is 1. The minimum atomic E-state index is -4.46. The van der Waals surface area contributed by atoms with E-state index in [2.05, 4.69) is 25.5 Å². The van der Waals surface area contributed by atoms with E-state index in [1.807, 2.05) is 0 Å². The Labute approximate surface area is 197 Å². The van der Waals surface area contributed by atoms with Crippen LogP contribution in [0.1, 0.15) is 18.9 Å². The van der Waals surface area contributed by atoms with Crippen molar-refractivity contribution in [1.29, 1.82) is 0 Å². The van der Waals surface area contributed by atoms with Gasteiger partial charge in [0.15, 0.2) is 0 Å². The van der Waals surface area contributed by atoms with E-state index >= 15 is 0 Å². The van der Waals surface area contributed by atoms with E-state index in [9.17, 15) is 23.1 Å². The molecule has 1 atom stereocenters. The molecule has 1 fully saturated rings. The molecule has 1 amide bonds. The summed E-state index contributed by atoms with van der Waals surface area (Å²) in [7, 11) is 0. The van der Waals surface area contributed by atoms with Gasteiger partial charge >= 0.3 is 6.18 Å². The molecule has 1 saturated heterocycles. The number of carbonyl (C=O) groups is 1. The monoisotopic (exact) mass is 492 g/mol. The second-order valence-corrected chi connectivity index (χ2v) is 8.18. The SMILES string of the molecule is CCC(O)C(=O)NC1CN(c2nnc(-c3ccc(C(F)(F)F)cc3)c(-c3ccncc3Cl)n2)C1. The van der Waals surface area contributed by atoms with Crippen molar-refractivity contribution in [3.05, 3.63) is 53.3 Å². The van der Waals surface area contributed by atoms with Crippen molar-refractivity contribution in [2.75, 3.05) is 18.0 Å². The molecule has 12 heteroatoms. The molecule has 0 radical (unpaired) electrons. The maximum atomic E-state index is 13.0. The number of nitrogens with one attached hydrogen (secondary N) is 1. The van der Waals surface area contributed by atoms with Gasteiger partial charge < -0.3 is 15.3 Å². The summed E-state index contributed by atoms with van der Waals surface area (Å²) >= 11 is 6.32. The molecule has 4 rings (SSSR count). The molecule has 0 bridgehead atoms. The van der Waals surface area contributed by atoms with E-state index in [4.69, 9.17) is 11.6 Å². The zero-order valence-corrected chi connectivity index (χ0v) is 18.7. The Hall–Kier alpha value is -3.31. The lowest BCUT2D eigenvalue weighted by Gasteiger charge is -2.39. The van der Waals surface area contributed by atoms with Gasteiger partial charge in [-0.05, 0) is 24.6 Å². The first-order chi connectivity index (χ1) is 16.2. The first-order valence-electron chi connectivity index (χ1n) is 10.4. The van der Waals surface area contributed by atoms with Crippen LogP contribution < -0.4 is 10.2 Å². The Balaban J connectivity index is 1.63. The number of aliphatic hydroxyl groups is 1. The Morgan fingerprint density at radius 3 is 2.53 bits per heavy atom. The lowest BCUT2D eigenvalue weighted by molar-refractivity contribution is -0.137. The molecule has 2 N–H and O–H groups in total.